The molecule has 0 atom stereocenters. The summed E-state index contributed by atoms with van der Waals surface area (Å²) in [4.78, 5) is 2.53. The molecule has 2 rings (SSSR count). The average molecular weight is 232 g/mol. The Morgan fingerprint density at radius 3 is 2.00 bits per heavy atom. The minimum Gasteiger partial charge on any atom is -0.300 e. The van der Waals surface area contributed by atoms with Crippen LogP contribution in [0.25, 0.3) is 0 Å². The maximum atomic E-state index is 11.3. The molecule has 2 heterocycles. The van der Waals surface area contributed by atoms with E-state index in [-0.39, 0.29) is 0 Å². The van der Waals surface area contributed by atoms with Crippen LogP contribution in [0.1, 0.15) is 25.7 Å². The van der Waals surface area contributed by atoms with Gasteiger partial charge in [-0.05, 0) is 38.8 Å². The van der Waals surface area contributed by atoms with Gasteiger partial charge in [0.25, 0.3) is 0 Å². The SMILES string of the molecule is CS(=O)(=O)N1CCC(N2CCCC2)CC1. The fourth-order valence-electron chi connectivity index (χ4n) is 2.65. The summed E-state index contributed by atoms with van der Waals surface area (Å²) in [6.45, 7) is 3.84. The van der Waals surface area contributed by atoms with Crippen molar-refractivity contribution in [3.05, 3.63) is 0 Å². The second-order valence-corrected chi connectivity index (χ2v) is 6.62. The van der Waals surface area contributed by atoms with Gasteiger partial charge in [0.2, 0.25) is 10.0 Å². The Kier molecular flexibility index (Phi) is 3.33. The number of likely N-dealkylation sites (tertiary alicyclic amines) is 1. The Labute approximate surface area is 92.3 Å². The molecule has 2 saturated heterocycles. The monoisotopic (exact) mass is 232 g/mol. The highest BCUT2D eigenvalue weighted by atomic mass is 32.2. The lowest BCUT2D eigenvalue weighted by atomic mass is 10.1. The summed E-state index contributed by atoms with van der Waals surface area (Å²) in [5.74, 6) is 0. The van der Waals surface area contributed by atoms with Crippen LogP contribution in [0.2, 0.25) is 0 Å². The van der Waals surface area contributed by atoms with E-state index in [2.05, 4.69) is 4.90 Å². The minimum atomic E-state index is -2.96. The molecule has 0 amide bonds. The molecule has 15 heavy (non-hydrogen) atoms. The van der Waals surface area contributed by atoms with Crippen LogP contribution in [0.3, 0.4) is 0 Å². The molecule has 0 N–H and O–H groups in total. The normalized spacial score (nSPS) is 27.3. The molecule has 0 aliphatic carbocycles. The van der Waals surface area contributed by atoms with Crippen molar-refractivity contribution in [2.75, 3.05) is 32.4 Å². The largest absolute Gasteiger partial charge is 0.300 e. The van der Waals surface area contributed by atoms with Gasteiger partial charge in [0.05, 0.1) is 6.26 Å². The number of hydrogen-bond donors (Lipinski definition) is 0. The Morgan fingerprint density at radius 2 is 1.53 bits per heavy atom. The predicted molar refractivity (Wildman–Crippen MR) is 60.2 cm³/mol. The van der Waals surface area contributed by atoms with Gasteiger partial charge in [-0.2, -0.15) is 0 Å². The van der Waals surface area contributed by atoms with Crippen molar-refractivity contribution in [1.82, 2.24) is 9.21 Å². The second kappa shape index (κ2) is 4.39. The molecular formula is C10H20N2O2S. The van der Waals surface area contributed by atoms with Gasteiger partial charge in [-0.25, -0.2) is 12.7 Å². The molecule has 5 heteroatoms. The summed E-state index contributed by atoms with van der Waals surface area (Å²) in [6, 6.07) is 0.630. The number of hydrogen-bond acceptors (Lipinski definition) is 3. The predicted octanol–water partition coefficient (Wildman–Crippen LogP) is 0.506. The van der Waals surface area contributed by atoms with Crippen LogP contribution in [0.5, 0.6) is 0 Å². The van der Waals surface area contributed by atoms with E-state index in [0.29, 0.717) is 19.1 Å². The lowest BCUT2D eigenvalue weighted by Gasteiger charge is -2.35. The smallest absolute Gasteiger partial charge is 0.211 e. The van der Waals surface area contributed by atoms with Crippen molar-refractivity contribution >= 4 is 10.0 Å². The summed E-state index contributed by atoms with van der Waals surface area (Å²) in [7, 11) is -2.96. The van der Waals surface area contributed by atoms with E-state index in [1.165, 1.54) is 32.2 Å². The average Bonchev–Trinajstić information content (AvgIpc) is 2.69. The Balaban J connectivity index is 1.86. The fourth-order valence-corrected chi connectivity index (χ4v) is 3.52. The van der Waals surface area contributed by atoms with E-state index in [1.807, 2.05) is 0 Å². The summed E-state index contributed by atoms with van der Waals surface area (Å²) >= 11 is 0. The van der Waals surface area contributed by atoms with Crippen LogP contribution in [0, 0.1) is 0 Å². The van der Waals surface area contributed by atoms with Crippen LogP contribution >= 0.6 is 0 Å². The van der Waals surface area contributed by atoms with Gasteiger partial charge in [0.15, 0.2) is 0 Å². The van der Waals surface area contributed by atoms with Gasteiger partial charge in [0, 0.05) is 19.1 Å². The molecule has 4 nitrogen and oxygen atoms in total. The minimum absolute atomic E-state index is 0.630. The summed E-state index contributed by atoms with van der Waals surface area (Å²) in [6.07, 6.45) is 5.95. The van der Waals surface area contributed by atoms with E-state index in [9.17, 15) is 8.42 Å². The van der Waals surface area contributed by atoms with Crippen molar-refractivity contribution in [3.63, 3.8) is 0 Å². The molecule has 0 radical (unpaired) electrons. The lowest BCUT2D eigenvalue weighted by molar-refractivity contribution is 0.168. The van der Waals surface area contributed by atoms with Gasteiger partial charge < -0.3 is 4.90 Å². The fraction of sp³-hybridized carbons (Fsp3) is 1.00. The third-order valence-corrected chi connectivity index (χ3v) is 4.85. The van der Waals surface area contributed by atoms with Crippen LogP contribution in [0.4, 0.5) is 0 Å². The Morgan fingerprint density at radius 1 is 1.00 bits per heavy atom. The first kappa shape index (κ1) is 11.4. The highest BCUT2D eigenvalue weighted by molar-refractivity contribution is 7.88. The molecule has 2 fully saturated rings. The molecular weight excluding hydrogens is 212 g/mol. The molecule has 2 aliphatic rings. The van der Waals surface area contributed by atoms with Gasteiger partial charge >= 0.3 is 0 Å². The van der Waals surface area contributed by atoms with E-state index in [1.54, 1.807) is 4.31 Å². The van der Waals surface area contributed by atoms with E-state index >= 15 is 0 Å². The first-order valence-electron chi connectivity index (χ1n) is 5.76. The van der Waals surface area contributed by atoms with E-state index < -0.39 is 10.0 Å². The first-order chi connectivity index (χ1) is 7.07. The topological polar surface area (TPSA) is 40.6 Å². The summed E-state index contributed by atoms with van der Waals surface area (Å²) < 4.78 is 24.3. The lowest BCUT2D eigenvalue weighted by Crippen LogP contribution is -2.45. The summed E-state index contributed by atoms with van der Waals surface area (Å²) in [5.41, 5.74) is 0. The van der Waals surface area contributed by atoms with Crippen molar-refractivity contribution < 1.29 is 8.42 Å². The zero-order valence-electron chi connectivity index (χ0n) is 9.35. The van der Waals surface area contributed by atoms with Gasteiger partial charge in [-0.3, -0.25) is 0 Å². The van der Waals surface area contributed by atoms with Crippen LogP contribution in [0.15, 0.2) is 0 Å². The standard InChI is InChI=1S/C10H20N2O2S/c1-15(13,14)12-8-4-10(5-9-12)11-6-2-3-7-11/h10H,2-9H2,1H3. The number of rotatable bonds is 2. The first-order valence-corrected chi connectivity index (χ1v) is 7.61. The van der Waals surface area contributed by atoms with Crippen LogP contribution in [-0.2, 0) is 10.0 Å². The van der Waals surface area contributed by atoms with E-state index in [4.69, 9.17) is 0 Å². The number of nitrogens with zero attached hydrogens (tertiary/aromatic N) is 2. The highest BCUT2D eigenvalue weighted by Gasteiger charge is 2.29. The maximum absolute atomic E-state index is 11.3. The van der Waals surface area contributed by atoms with Crippen molar-refractivity contribution in [3.8, 4) is 0 Å². The van der Waals surface area contributed by atoms with Crippen molar-refractivity contribution in [2.24, 2.45) is 0 Å². The Bertz CT molecular complexity index is 301. The molecule has 88 valence electrons. The third kappa shape index (κ3) is 2.71. The molecule has 0 saturated carbocycles. The van der Waals surface area contributed by atoms with Crippen LogP contribution < -0.4 is 0 Å². The molecule has 2 aliphatic heterocycles. The highest BCUT2D eigenvalue weighted by Crippen LogP contribution is 2.21. The zero-order chi connectivity index (χ0) is 10.9. The zero-order valence-corrected chi connectivity index (χ0v) is 10.2. The third-order valence-electron chi connectivity index (χ3n) is 3.55. The molecule has 0 unspecified atom stereocenters. The number of sulfonamides is 1. The Hall–Kier alpha value is -0.130. The van der Waals surface area contributed by atoms with Gasteiger partial charge in [-0.15, -0.1) is 0 Å². The number of piperidine rings is 1. The second-order valence-electron chi connectivity index (χ2n) is 4.64. The van der Waals surface area contributed by atoms with Crippen LogP contribution in [-0.4, -0.2) is 56.1 Å². The van der Waals surface area contributed by atoms with Crippen molar-refractivity contribution in [1.29, 1.82) is 0 Å². The van der Waals surface area contributed by atoms with Crippen molar-refractivity contribution in [2.45, 2.75) is 31.7 Å². The molecule has 0 spiro atoms. The van der Waals surface area contributed by atoms with E-state index in [0.717, 1.165) is 12.8 Å². The van der Waals surface area contributed by atoms with Gasteiger partial charge in [0.1, 0.15) is 0 Å². The molecule has 0 aromatic heterocycles. The molecule has 0 aromatic rings. The molecule has 0 bridgehead atoms. The van der Waals surface area contributed by atoms with Gasteiger partial charge in [-0.1, -0.05) is 0 Å². The molecule has 0 aromatic carbocycles. The summed E-state index contributed by atoms with van der Waals surface area (Å²) in [5, 5.41) is 0. The maximum Gasteiger partial charge on any atom is 0.211 e. The quantitative estimate of drug-likeness (QED) is 0.696.